The van der Waals surface area contributed by atoms with Crippen LogP contribution < -0.4 is 0 Å². The summed E-state index contributed by atoms with van der Waals surface area (Å²) in [5.41, 5.74) is 0.334. The van der Waals surface area contributed by atoms with Crippen LogP contribution in [0, 0.1) is 18.3 Å². The van der Waals surface area contributed by atoms with Crippen LogP contribution in [0.3, 0.4) is 0 Å². The molecule has 1 aliphatic rings. The van der Waals surface area contributed by atoms with E-state index >= 15 is 0 Å². The van der Waals surface area contributed by atoms with E-state index in [1.807, 2.05) is 0 Å². The van der Waals surface area contributed by atoms with E-state index < -0.39 is 0 Å². The SMILES string of the molecule is [CH2]CC(C)(C)C1CCC(=O)CC1. The van der Waals surface area contributed by atoms with Crippen molar-refractivity contribution in [2.24, 2.45) is 11.3 Å². The molecule has 0 saturated heterocycles. The van der Waals surface area contributed by atoms with Crippen LogP contribution in [0.25, 0.3) is 0 Å². The highest BCUT2D eigenvalue weighted by Crippen LogP contribution is 2.39. The highest BCUT2D eigenvalue weighted by atomic mass is 16.1. The van der Waals surface area contributed by atoms with Gasteiger partial charge in [0, 0.05) is 12.8 Å². The molecule has 0 unspecified atom stereocenters. The van der Waals surface area contributed by atoms with E-state index in [1.54, 1.807) is 0 Å². The van der Waals surface area contributed by atoms with E-state index in [0.29, 0.717) is 17.1 Å². The number of ketones is 1. The summed E-state index contributed by atoms with van der Waals surface area (Å²) in [6.45, 7) is 8.50. The lowest BCUT2D eigenvalue weighted by atomic mass is 9.69. The van der Waals surface area contributed by atoms with Gasteiger partial charge in [0.2, 0.25) is 0 Å². The van der Waals surface area contributed by atoms with Crippen molar-refractivity contribution in [2.45, 2.75) is 46.0 Å². The smallest absolute Gasteiger partial charge is 0.132 e. The third-order valence-corrected chi connectivity index (χ3v) is 3.29. The fourth-order valence-corrected chi connectivity index (χ4v) is 1.93. The summed E-state index contributed by atoms with van der Waals surface area (Å²) in [5, 5.41) is 0. The number of Topliss-reactive ketones (excluding diaryl/α,β-unsaturated/α-hetero) is 1. The summed E-state index contributed by atoms with van der Waals surface area (Å²) < 4.78 is 0. The largest absolute Gasteiger partial charge is 0.300 e. The predicted octanol–water partition coefficient (Wildman–Crippen LogP) is 3.00. The molecule has 1 rings (SSSR count). The van der Waals surface area contributed by atoms with Gasteiger partial charge in [0.15, 0.2) is 0 Å². The maximum atomic E-state index is 11.0. The van der Waals surface area contributed by atoms with Crippen LogP contribution >= 0.6 is 0 Å². The van der Waals surface area contributed by atoms with Gasteiger partial charge in [0.25, 0.3) is 0 Å². The van der Waals surface area contributed by atoms with Crippen molar-refractivity contribution in [3.8, 4) is 0 Å². The van der Waals surface area contributed by atoms with Crippen molar-refractivity contribution >= 4 is 5.78 Å². The molecule has 1 saturated carbocycles. The van der Waals surface area contributed by atoms with E-state index in [0.717, 1.165) is 32.1 Å². The maximum Gasteiger partial charge on any atom is 0.132 e. The number of hydrogen-bond donors (Lipinski definition) is 0. The molecule has 0 N–H and O–H groups in total. The minimum Gasteiger partial charge on any atom is -0.300 e. The van der Waals surface area contributed by atoms with Crippen LogP contribution in [0.2, 0.25) is 0 Å². The second kappa shape index (κ2) is 3.59. The maximum absolute atomic E-state index is 11.0. The van der Waals surface area contributed by atoms with E-state index in [4.69, 9.17) is 0 Å². The lowest BCUT2D eigenvalue weighted by Crippen LogP contribution is -2.27. The minimum atomic E-state index is 0.334. The van der Waals surface area contributed by atoms with Gasteiger partial charge in [0.05, 0.1) is 0 Å². The number of carbonyl (C=O) groups is 1. The molecule has 69 valence electrons. The van der Waals surface area contributed by atoms with Crippen molar-refractivity contribution in [1.29, 1.82) is 0 Å². The third kappa shape index (κ3) is 2.09. The third-order valence-electron chi connectivity index (χ3n) is 3.29. The summed E-state index contributed by atoms with van der Waals surface area (Å²) in [4.78, 5) is 11.0. The van der Waals surface area contributed by atoms with Gasteiger partial charge in [0.1, 0.15) is 5.78 Å². The fourth-order valence-electron chi connectivity index (χ4n) is 1.93. The lowest BCUT2D eigenvalue weighted by molar-refractivity contribution is -0.121. The Hall–Kier alpha value is -0.330. The topological polar surface area (TPSA) is 17.1 Å². The first-order valence-electron chi connectivity index (χ1n) is 4.87. The highest BCUT2D eigenvalue weighted by molar-refractivity contribution is 5.79. The van der Waals surface area contributed by atoms with Crippen LogP contribution in [0.4, 0.5) is 0 Å². The normalized spacial score (nSPS) is 21.4. The van der Waals surface area contributed by atoms with Gasteiger partial charge in [-0.05, 0) is 30.6 Å². The Morgan fingerprint density at radius 1 is 1.42 bits per heavy atom. The van der Waals surface area contributed by atoms with Crippen molar-refractivity contribution < 1.29 is 4.79 Å². The number of rotatable bonds is 2. The van der Waals surface area contributed by atoms with Crippen LogP contribution in [-0.4, -0.2) is 5.78 Å². The summed E-state index contributed by atoms with van der Waals surface area (Å²) in [6.07, 6.45) is 4.75. The van der Waals surface area contributed by atoms with Gasteiger partial charge in [-0.15, -0.1) is 0 Å². The first-order chi connectivity index (χ1) is 5.56. The molecule has 0 amide bonds. The standard InChI is InChI=1S/C11H19O/c1-4-11(2,3)9-5-7-10(12)8-6-9/h9H,1,4-8H2,2-3H3. The quantitative estimate of drug-likeness (QED) is 0.618. The molecule has 1 aliphatic carbocycles. The Kier molecular flexibility index (Phi) is 2.92. The van der Waals surface area contributed by atoms with Crippen molar-refractivity contribution in [1.82, 2.24) is 0 Å². The molecule has 1 heteroatoms. The van der Waals surface area contributed by atoms with Gasteiger partial charge in [-0.3, -0.25) is 4.79 Å². The minimum absolute atomic E-state index is 0.334. The Balaban J connectivity index is 2.49. The first kappa shape index (κ1) is 9.76. The van der Waals surface area contributed by atoms with Crippen molar-refractivity contribution in [3.05, 3.63) is 6.92 Å². The van der Waals surface area contributed by atoms with Crippen molar-refractivity contribution in [3.63, 3.8) is 0 Å². The Labute approximate surface area is 75.5 Å². The molecule has 0 spiro atoms. The second-order valence-electron chi connectivity index (χ2n) is 4.55. The van der Waals surface area contributed by atoms with Gasteiger partial charge in [-0.2, -0.15) is 0 Å². The van der Waals surface area contributed by atoms with E-state index in [2.05, 4.69) is 20.8 Å². The van der Waals surface area contributed by atoms with Crippen LogP contribution in [0.5, 0.6) is 0 Å². The van der Waals surface area contributed by atoms with E-state index in [1.165, 1.54) is 0 Å². The zero-order valence-corrected chi connectivity index (χ0v) is 8.23. The van der Waals surface area contributed by atoms with E-state index in [-0.39, 0.29) is 0 Å². The lowest BCUT2D eigenvalue weighted by Gasteiger charge is -2.35. The molecule has 1 nitrogen and oxygen atoms in total. The summed E-state index contributed by atoms with van der Waals surface area (Å²) in [7, 11) is 0. The zero-order valence-electron chi connectivity index (χ0n) is 8.23. The molecule has 0 bridgehead atoms. The molecule has 0 aromatic rings. The summed E-state index contributed by atoms with van der Waals surface area (Å²) in [5.74, 6) is 1.17. The first-order valence-corrected chi connectivity index (χ1v) is 4.87. The number of hydrogen-bond acceptors (Lipinski definition) is 1. The average molecular weight is 167 g/mol. The Morgan fingerprint density at radius 3 is 2.33 bits per heavy atom. The Morgan fingerprint density at radius 2 is 1.92 bits per heavy atom. The second-order valence-corrected chi connectivity index (χ2v) is 4.55. The van der Waals surface area contributed by atoms with Crippen LogP contribution in [-0.2, 0) is 4.79 Å². The predicted molar refractivity (Wildman–Crippen MR) is 50.7 cm³/mol. The number of carbonyl (C=O) groups excluding carboxylic acids is 1. The Bertz CT molecular complexity index is 160. The molecule has 0 aliphatic heterocycles. The van der Waals surface area contributed by atoms with Crippen molar-refractivity contribution in [2.75, 3.05) is 0 Å². The summed E-state index contributed by atoms with van der Waals surface area (Å²) in [6, 6.07) is 0. The average Bonchev–Trinajstić information content (AvgIpc) is 2.05. The molecule has 12 heavy (non-hydrogen) atoms. The monoisotopic (exact) mass is 167 g/mol. The molecular weight excluding hydrogens is 148 g/mol. The van der Waals surface area contributed by atoms with E-state index in [9.17, 15) is 4.79 Å². The molecule has 0 atom stereocenters. The van der Waals surface area contributed by atoms with Gasteiger partial charge in [-0.1, -0.05) is 20.8 Å². The zero-order chi connectivity index (χ0) is 9.19. The molecule has 0 heterocycles. The molecule has 0 aromatic heterocycles. The van der Waals surface area contributed by atoms with Crippen LogP contribution in [0.15, 0.2) is 0 Å². The molecular formula is C11H19O. The van der Waals surface area contributed by atoms with Gasteiger partial charge < -0.3 is 0 Å². The molecule has 1 radical (unpaired) electrons. The molecule has 1 fully saturated rings. The summed E-state index contributed by atoms with van der Waals surface area (Å²) >= 11 is 0. The molecule has 0 aromatic carbocycles. The van der Waals surface area contributed by atoms with Gasteiger partial charge in [-0.25, -0.2) is 0 Å². The van der Waals surface area contributed by atoms with Gasteiger partial charge >= 0.3 is 0 Å². The highest BCUT2D eigenvalue weighted by Gasteiger charge is 2.30. The fraction of sp³-hybridized carbons (Fsp3) is 0.818. The van der Waals surface area contributed by atoms with Crippen LogP contribution in [0.1, 0.15) is 46.0 Å².